The van der Waals surface area contributed by atoms with Crippen LogP contribution in [-0.4, -0.2) is 10.7 Å². The number of hydrogen-bond donors (Lipinski definition) is 1. The molecule has 1 aliphatic rings. The van der Waals surface area contributed by atoms with Crippen molar-refractivity contribution in [3.63, 3.8) is 0 Å². The molecular formula is C9H15NO. The molecule has 2 heteroatoms. The predicted molar refractivity (Wildman–Crippen MR) is 42.7 cm³/mol. The molecule has 0 aromatic heterocycles. The highest BCUT2D eigenvalue weighted by Gasteiger charge is 2.35. The van der Waals surface area contributed by atoms with Crippen molar-refractivity contribution in [2.45, 2.75) is 38.7 Å². The van der Waals surface area contributed by atoms with Crippen LogP contribution in [0.4, 0.5) is 0 Å². The monoisotopic (exact) mass is 153 g/mol. The maximum Gasteiger partial charge on any atom is 0.0777 e. The van der Waals surface area contributed by atoms with Crippen LogP contribution >= 0.6 is 0 Å². The molecule has 0 aromatic carbocycles. The van der Waals surface area contributed by atoms with Crippen LogP contribution in [0.1, 0.15) is 33.1 Å². The fraction of sp³-hybridized carbons (Fsp3) is 0.889. The van der Waals surface area contributed by atoms with Crippen molar-refractivity contribution in [2.75, 3.05) is 0 Å². The summed E-state index contributed by atoms with van der Waals surface area (Å²) < 4.78 is 0. The Morgan fingerprint density at radius 3 is 2.64 bits per heavy atom. The van der Waals surface area contributed by atoms with E-state index in [1.807, 2.05) is 0 Å². The third kappa shape index (κ3) is 2.20. The Bertz CT molecular complexity index is 176. The molecule has 0 radical (unpaired) electrons. The second-order valence-electron chi connectivity index (χ2n) is 3.86. The summed E-state index contributed by atoms with van der Waals surface area (Å²) in [7, 11) is 0. The van der Waals surface area contributed by atoms with Gasteiger partial charge in [-0.2, -0.15) is 5.26 Å². The summed E-state index contributed by atoms with van der Waals surface area (Å²) >= 11 is 0. The topological polar surface area (TPSA) is 44.0 Å². The van der Waals surface area contributed by atoms with Gasteiger partial charge < -0.3 is 5.11 Å². The molecule has 0 amide bonds. The van der Waals surface area contributed by atoms with E-state index in [9.17, 15) is 5.11 Å². The minimum Gasteiger partial charge on any atom is -0.389 e. The third-order valence-corrected chi connectivity index (χ3v) is 2.53. The van der Waals surface area contributed by atoms with Crippen LogP contribution < -0.4 is 0 Å². The quantitative estimate of drug-likeness (QED) is 0.670. The Morgan fingerprint density at radius 1 is 1.73 bits per heavy atom. The SMILES string of the molecule is CC(C#N)C(C)(O)CC1CC1. The van der Waals surface area contributed by atoms with Gasteiger partial charge in [-0.25, -0.2) is 0 Å². The summed E-state index contributed by atoms with van der Waals surface area (Å²) in [5.74, 6) is 0.434. The van der Waals surface area contributed by atoms with E-state index in [4.69, 9.17) is 5.26 Å². The first-order valence-corrected chi connectivity index (χ1v) is 4.18. The van der Waals surface area contributed by atoms with Gasteiger partial charge in [0.15, 0.2) is 0 Å². The Kier molecular flexibility index (Phi) is 2.20. The first-order valence-electron chi connectivity index (χ1n) is 4.18. The molecule has 0 bridgehead atoms. The van der Waals surface area contributed by atoms with Crippen LogP contribution in [0.25, 0.3) is 0 Å². The largest absolute Gasteiger partial charge is 0.389 e. The van der Waals surface area contributed by atoms with Crippen LogP contribution in [0.2, 0.25) is 0 Å². The van der Waals surface area contributed by atoms with Gasteiger partial charge in [-0.3, -0.25) is 0 Å². The van der Waals surface area contributed by atoms with Crippen LogP contribution in [-0.2, 0) is 0 Å². The molecule has 2 unspecified atom stereocenters. The summed E-state index contributed by atoms with van der Waals surface area (Å²) in [6.07, 6.45) is 3.25. The van der Waals surface area contributed by atoms with E-state index in [-0.39, 0.29) is 5.92 Å². The van der Waals surface area contributed by atoms with E-state index in [1.54, 1.807) is 13.8 Å². The molecule has 0 spiro atoms. The number of aliphatic hydroxyl groups is 1. The maximum absolute atomic E-state index is 9.77. The lowest BCUT2D eigenvalue weighted by Gasteiger charge is -2.25. The Hall–Kier alpha value is -0.550. The molecule has 62 valence electrons. The summed E-state index contributed by atoms with van der Waals surface area (Å²) in [6.45, 7) is 3.54. The lowest BCUT2D eigenvalue weighted by atomic mass is 9.87. The number of nitrogens with zero attached hydrogens (tertiary/aromatic N) is 1. The van der Waals surface area contributed by atoms with Crippen LogP contribution in [0.5, 0.6) is 0 Å². The molecule has 0 aliphatic heterocycles. The Morgan fingerprint density at radius 2 is 2.27 bits per heavy atom. The molecule has 1 N–H and O–H groups in total. The first-order chi connectivity index (χ1) is 5.06. The van der Waals surface area contributed by atoms with Crippen molar-refractivity contribution in [2.24, 2.45) is 11.8 Å². The zero-order valence-electron chi connectivity index (χ0n) is 7.17. The van der Waals surface area contributed by atoms with Crippen molar-refractivity contribution in [3.8, 4) is 6.07 Å². The van der Waals surface area contributed by atoms with Gasteiger partial charge in [-0.1, -0.05) is 12.8 Å². The summed E-state index contributed by atoms with van der Waals surface area (Å²) in [5.41, 5.74) is -0.768. The van der Waals surface area contributed by atoms with E-state index in [1.165, 1.54) is 12.8 Å². The first kappa shape index (κ1) is 8.55. The minimum absolute atomic E-state index is 0.247. The van der Waals surface area contributed by atoms with E-state index >= 15 is 0 Å². The highest BCUT2D eigenvalue weighted by molar-refractivity contribution is 4.96. The predicted octanol–water partition coefficient (Wildman–Crippen LogP) is 1.70. The lowest BCUT2D eigenvalue weighted by Crippen LogP contribution is -2.32. The van der Waals surface area contributed by atoms with Gasteiger partial charge in [-0.05, 0) is 26.2 Å². The fourth-order valence-corrected chi connectivity index (χ4v) is 1.22. The third-order valence-electron chi connectivity index (χ3n) is 2.53. The summed E-state index contributed by atoms with van der Waals surface area (Å²) in [4.78, 5) is 0. The van der Waals surface area contributed by atoms with Gasteiger partial charge in [0, 0.05) is 0 Å². The van der Waals surface area contributed by atoms with E-state index in [2.05, 4.69) is 6.07 Å². The number of hydrogen-bond acceptors (Lipinski definition) is 2. The summed E-state index contributed by atoms with van der Waals surface area (Å²) in [5, 5.41) is 18.4. The molecular weight excluding hydrogens is 138 g/mol. The van der Waals surface area contributed by atoms with Gasteiger partial charge >= 0.3 is 0 Å². The molecule has 1 fully saturated rings. The van der Waals surface area contributed by atoms with Crippen molar-refractivity contribution in [1.29, 1.82) is 5.26 Å². The normalized spacial score (nSPS) is 25.3. The van der Waals surface area contributed by atoms with Crippen molar-refractivity contribution in [1.82, 2.24) is 0 Å². The van der Waals surface area contributed by atoms with Crippen molar-refractivity contribution >= 4 is 0 Å². The molecule has 2 nitrogen and oxygen atoms in total. The average molecular weight is 153 g/mol. The lowest BCUT2D eigenvalue weighted by molar-refractivity contribution is 0.0135. The zero-order chi connectivity index (χ0) is 8.48. The highest BCUT2D eigenvalue weighted by Crippen LogP contribution is 2.38. The van der Waals surface area contributed by atoms with Crippen LogP contribution in [0, 0.1) is 23.2 Å². The smallest absolute Gasteiger partial charge is 0.0777 e. The second kappa shape index (κ2) is 2.83. The second-order valence-corrected chi connectivity index (χ2v) is 3.86. The minimum atomic E-state index is -0.768. The molecule has 1 rings (SSSR count). The average Bonchev–Trinajstić information content (AvgIpc) is 2.69. The summed E-state index contributed by atoms with van der Waals surface area (Å²) in [6, 6.07) is 2.09. The van der Waals surface area contributed by atoms with Crippen LogP contribution in [0.3, 0.4) is 0 Å². The molecule has 2 atom stereocenters. The van der Waals surface area contributed by atoms with Crippen molar-refractivity contribution in [3.05, 3.63) is 0 Å². The van der Waals surface area contributed by atoms with Gasteiger partial charge in [0.2, 0.25) is 0 Å². The van der Waals surface area contributed by atoms with Gasteiger partial charge in [0.25, 0.3) is 0 Å². The Balaban J connectivity index is 2.43. The van der Waals surface area contributed by atoms with Gasteiger partial charge in [0.1, 0.15) is 0 Å². The number of rotatable bonds is 3. The van der Waals surface area contributed by atoms with E-state index < -0.39 is 5.60 Å². The molecule has 11 heavy (non-hydrogen) atoms. The molecule has 0 aromatic rings. The maximum atomic E-state index is 9.77. The molecule has 0 saturated heterocycles. The van der Waals surface area contributed by atoms with Gasteiger partial charge in [-0.15, -0.1) is 0 Å². The van der Waals surface area contributed by atoms with Crippen LogP contribution in [0.15, 0.2) is 0 Å². The fourth-order valence-electron chi connectivity index (χ4n) is 1.22. The Labute approximate surface area is 67.8 Å². The zero-order valence-corrected chi connectivity index (χ0v) is 7.17. The van der Waals surface area contributed by atoms with E-state index in [0.29, 0.717) is 5.92 Å². The molecule has 1 aliphatic carbocycles. The standard InChI is InChI=1S/C9H15NO/c1-7(6-10)9(2,11)5-8-3-4-8/h7-8,11H,3-5H2,1-2H3. The van der Waals surface area contributed by atoms with E-state index in [0.717, 1.165) is 6.42 Å². The molecule has 1 saturated carbocycles. The number of nitriles is 1. The van der Waals surface area contributed by atoms with Crippen molar-refractivity contribution < 1.29 is 5.11 Å². The highest BCUT2D eigenvalue weighted by atomic mass is 16.3. The molecule has 0 heterocycles. The van der Waals surface area contributed by atoms with Gasteiger partial charge in [0.05, 0.1) is 17.6 Å².